The Kier molecular flexibility index (Phi) is 4.59. The molecule has 0 radical (unpaired) electrons. The van der Waals surface area contributed by atoms with Crippen molar-refractivity contribution >= 4 is 16.8 Å². The third-order valence-electron chi connectivity index (χ3n) is 3.58. The van der Waals surface area contributed by atoms with Crippen LogP contribution in [0, 0.1) is 0 Å². The molecule has 0 atom stereocenters. The molecule has 0 saturated carbocycles. The fraction of sp³-hybridized carbons (Fsp3) is 0.167. The van der Waals surface area contributed by atoms with Crippen LogP contribution in [-0.2, 0) is 6.54 Å². The van der Waals surface area contributed by atoms with Crippen LogP contribution in [0.4, 0.5) is 0 Å². The fourth-order valence-corrected chi connectivity index (χ4v) is 2.42. The largest absolute Gasteiger partial charge is 0.491 e. The van der Waals surface area contributed by atoms with Gasteiger partial charge in [0.05, 0.1) is 6.61 Å². The molecule has 2 aromatic carbocycles. The van der Waals surface area contributed by atoms with Gasteiger partial charge in [-0.3, -0.25) is 4.79 Å². The Morgan fingerprint density at radius 1 is 1.17 bits per heavy atom. The first-order valence-electron chi connectivity index (χ1n) is 7.45. The van der Waals surface area contributed by atoms with E-state index in [-0.39, 0.29) is 19.1 Å². The summed E-state index contributed by atoms with van der Waals surface area (Å²) in [5.41, 5.74) is 2.49. The molecule has 118 valence electrons. The predicted molar refractivity (Wildman–Crippen MR) is 88.5 cm³/mol. The quantitative estimate of drug-likeness (QED) is 0.655. The zero-order valence-corrected chi connectivity index (χ0v) is 12.6. The van der Waals surface area contributed by atoms with Crippen LogP contribution in [0.15, 0.2) is 54.7 Å². The van der Waals surface area contributed by atoms with E-state index >= 15 is 0 Å². The van der Waals surface area contributed by atoms with E-state index in [1.54, 1.807) is 6.07 Å². The smallest absolute Gasteiger partial charge is 0.251 e. The van der Waals surface area contributed by atoms with Gasteiger partial charge in [0, 0.05) is 34.8 Å². The number of hydrogen-bond acceptors (Lipinski definition) is 3. The van der Waals surface area contributed by atoms with Crippen LogP contribution in [0.1, 0.15) is 15.9 Å². The van der Waals surface area contributed by atoms with E-state index in [0.717, 1.165) is 16.5 Å². The van der Waals surface area contributed by atoms with Gasteiger partial charge in [0.2, 0.25) is 0 Å². The molecule has 0 fully saturated rings. The number of ether oxygens (including phenoxy) is 1. The van der Waals surface area contributed by atoms with Crippen molar-refractivity contribution in [2.75, 3.05) is 13.2 Å². The number of rotatable bonds is 6. The molecule has 0 aliphatic carbocycles. The minimum atomic E-state index is -0.134. The number of aromatic amines is 1. The first kappa shape index (κ1) is 15.1. The van der Waals surface area contributed by atoms with Gasteiger partial charge < -0.3 is 20.1 Å². The predicted octanol–water partition coefficient (Wildman–Crippen LogP) is 2.47. The van der Waals surface area contributed by atoms with Gasteiger partial charge in [-0.15, -0.1) is 0 Å². The van der Waals surface area contributed by atoms with Gasteiger partial charge in [-0.05, 0) is 30.3 Å². The summed E-state index contributed by atoms with van der Waals surface area (Å²) < 4.78 is 5.47. The number of carbonyl (C=O) groups excluding carboxylic acids is 1. The van der Waals surface area contributed by atoms with E-state index in [0.29, 0.717) is 17.9 Å². The average molecular weight is 310 g/mol. The molecule has 0 unspecified atom stereocenters. The molecular weight excluding hydrogens is 292 g/mol. The van der Waals surface area contributed by atoms with Crippen LogP contribution in [-0.4, -0.2) is 29.2 Å². The lowest BCUT2D eigenvalue weighted by atomic mass is 10.1. The second-order valence-corrected chi connectivity index (χ2v) is 5.14. The first-order valence-corrected chi connectivity index (χ1v) is 7.45. The van der Waals surface area contributed by atoms with Gasteiger partial charge in [0.25, 0.3) is 5.91 Å². The lowest BCUT2D eigenvalue weighted by Gasteiger charge is -2.11. The van der Waals surface area contributed by atoms with E-state index in [9.17, 15) is 4.79 Å². The topological polar surface area (TPSA) is 74.3 Å². The highest BCUT2D eigenvalue weighted by molar-refractivity contribution is 5.98. The normalized spacial score (nSPS) is 10.7. The number of fused-ring (bicyclic) bond motifs is 1. The molecule has 5 nitrogen and oxygen atoms in total. The minimum Gasteiger partial charge on any atom is -0.491 e. The van der Waals surface area contributed by atoms with Crippen molar-refractivity contribution in [1.29, 1.82) is 0 Å². The molecule has 0 saturated heterocycles. The molecule has 23 heavy (non-hydrogen) atoms. The van der Waals surface area contributed by atoms with Crippen molar-refractivity contribution in [1.82, 2.24) is 10.3 Å². The molecule has 0 bridgehead atoms. The number of benzene rings is 2. The number of para-hydroxylation sites is 1. The lowest BCUT2D eigenvalue weighted by molar-refractivity contribution is 0.0950. The van der Waals surface area contributed by atoms with Crippen LogP contribution in [0.3, 0.4) is 0 Å². The van der Waals surface area contributed by atoms with E-state index in [1.807, 2.05) is 48.7 Å². The highest BCUT2D eigenvalue weighted by Gasteiger charge is 2.09. The van der Waals surface area contributed by atoms with Crippen molar-refractivity contribution in [2.45, 2.75) is 6.54 Å². The Bertz CT molecular complexity index is 811. The number of amides is 1. The zero-order chi connectivity index (χ0) is 16.1. The molecule has 1 amide bonds. The molecule has 0 aliphatic rings. The summed E-state index contributed by atoms with van der Waals surface area (Å²) >= 11 is 0. The van der Waals surface area contributed by atoms with Crippen LogP contribution in [0.25, 0.3) is 10.9 Å². The number of aliphatic hydroxyl groups is 1. The van der Waals surface area contributed by atoms with Crippen LogP contribution in [0.2, 0.25) is 0 Å². The molecule has 3 N–H and O–H groups in total. The van der Waals surface area contributed by atoms with Crippen molar-refractivity contribution < 1.29 is 14.6 Å². The van der Waals surface area contributed by atoms with E-state index in [4.69, 9.17) is 9.84 Å². The summed E-state index contributed by atoms with van der Waals surface area (Å²) in [4.78, 5) is 15.4. The average Bonchev–Trinajstić information content (AvgIpc) is 3.06. The monoisotopic (exact) mass is 310 g/mol. The van der Waals surface area contributed by atoms with Gasteiger partial charge in [-0.2, -0.15) is 0 Å². The fourth-order valence-electron chi connectivity index (χ4n) is 2.42. The van der Waals surface area contributed by atoms with Gasteiger partial charge >= 0.3 is 0 Å². The zero-order valence-electron chi connectivity index (χ0n) is 12.6. The van der Waals surface area contributed by atoms with Crippen molar-refractivity contribution in [3.05, 3.63) is 65.9 Å². The van der Waals surface area contributed by atoms with Crippen molar-refractivity contribution in [3.8, 4) is 5.75 Å². The first-order chi connectivity index (χ1) is 11.3. The van der Waals surface area contributed by atoms with E-state index < -0.39 is 0 Å². The second-order valence-electron chi connectivity index (χ2n) is 5.14. The third kappa shape index (κ3) is 3.52. The Labute approximate surface area is 133 Å². The maximum absolute atomic E-state index is 12.3. The molecule has 0 aliphatic heterocycles. The summed E-state index contributed by atoms with van der Waals surface area (Å²) in [5.74, 6) is 0.535. The number of nitrogens with one attached hydrogen (secondary N) is 2. The summed E-state index contributed by atoms with van der Waals surface area (Å²) in [6.45, 7) is 0.554. The number of carbonyl (C=O) groups is 1. The van der Waals surface area contributed by atoms with Crippen LogP contribution >= 0.6 is 0 Å². The molecule has 3 aromatic rings. The summed E-state index contributed by atoms with van der Waals surface area (Å²) in [6, 6.07) is 14.9. The molecule has 0 spiro atoms. The Balaban J connectivity index is 1.69. The summed E-state index contributed by atoms with van der Waals surface area (Å²) in [6.07, 6.45) is 1.85. The number of H-pyrrole nitrogens is 1. The molecule has 1 heterocycles. The Hall–Kier alpha value is -2.79. The Morgan fingerprint density at radius 3 is 2.91 bits per heavy atom. The van der Waals surface area contributed by atoms with Crippen LogP contribution in [0.5, 0.6) is 5.75 Å². The minimum absolute atomic E-state index is 0.0443. The highest BCUT2D eigenvalue weighted by atomic mass is 16.5. The van der Waals surface area contributed by atoms with Gasteiger partial charge in [0.15, 0.2) is 0 Å². The molecular formula is C18H18N2O3. The Morgan fingerprint density at radius 2 is 2.04 bits per heavy atom. The summed E-state index contributed by atoms with van der Waals surface area (Å²) in [5, 5.41) is 12.8. The lowest BCUT2D eigenvalue weighted by Crippen LogP contribution is -2.23. The third-order valence-corrected chi connectivity index (χ3v) is 3.58. The molecule has 5 heteroatoms. The van der Waals surface area contributed by atoms with Crippen molar-refractivity contribution in [3.63, 3.8) is 0 Å². The van der Waals surface area contributed by atoms with E-state index in [2.05, 4.69) is 10.3 Å². The summed E-state index contributed by atoms with van der Waals surface area (Å²) in [7, 11) is 0. The standard InChI is InChI=1S/C18H18N2O3/c21-9-10-23-17-4-2-1-3-15(17)12-20-18(22)14-5-6-16-13(11-14)7-8-19-16/h1-8,11,19,21H,9-10,12H2,(H,20,22). The van der Waals surface area contributed by atoms with Gasteiger partial charge in [-0.1, -0.05) is 18.2 Å². The highest BCUT2D eigenvalue weighted by Crippen LogP contribution is 2.18. The SMILES string of the molecule is O=C(NCc1ccccc1OCCO)c1ccc2[nH]ccc2c1. The van der Waals surface area contributed by atoms with Crippen molar-refractivity contribution in [2.24, 2.45) is 0 Å². The van der Waals surface area contributed by atoms with Gasteiger partial charge in [0.1, 0.15) is 12.4 Å². The van der Waals surface area contributed by atoms with Crippen LogP contribution < -0.4 is 10.1 Å². The second kappa shape index (κ2) is 6.98. The van der Waals surface area contributed by atoms with E-state index in [1.165, 1.54) is 0 Å². The number of aromatic nitrogens is 1. The maximum Gasteiger partial charge on any atom is 0.251 e. The number of aliphatic hydroxyl groups excluding tert-OH is 1. The number of hydrogen-bond donors (Lipinski definition) is 3. The molecule has 3 rings (SSSR count). The molecule has 1 aromatic heterocycles. The maximum atomic E-state index is 12.3. The van der Waals surface area contributed by atoms with Gasteiger partial charge in [-0.25, -0.2) is 0 Å².